The van der Waals surface area contributed by atoms with E-state index >= 15 is 0 Å². The first kappa shape index (κ1) is 7.62. The van der Waals surface area contributed by atoms with Crippen LogP contribution in [0.3, 0.4) is 0 Å². The molecule has 0 saturated heterocycles. The lowest BCUT2D eigenvalue weighted by Gasteiger charge is -1.96. The molecule has 0 amide bonds. The SMILES string of the molecule is C[CH]c1cc(Cl)c2occc2n1. The van der Waals surface area contributed by atoms with Gasteiger partial charge in [-0.05, 0) is 6.07 Å². The smallest absolute Gasteiger partial charge is 0.170 e. The lowest BCUT2D eigenvalue weighted by atomic mass is 10.3. The fourth-order valence-electron chi connectivity index (χ4n) is 1.08. The predicted octanol–water partition coefficient (Wildman–Crippen LogP) is 3.05. The summed E-state index contributed by atoms with van der Waals surface area (Å²) in [4.78, 5) is 4.28. The van der Waals surface area contributed by atoms with Crippen molar-refractivity contribution >= 4 is 22.7 Å². The molecule has 0 aromatic carbocycles. The molecule has 0 spiro atoms. The summed E-state index contributed by atoms with van der Waals surface area (Å²) in [6.07, 6.45) is 3.49. The van der Waals surface area contributed by atoms with E-state index in [0.29, 0.717) is 10.6 Å². The summed E-state index contributed by atoms with van der Waals surface area (Å²) in [5.74, 6) is 0. The Morgan fingerprint density at radius 1 is 1.58 bits per heavy atom. The summed E-state index contributed by atoms with van der Waals surface area (Å²) >= 11 is 5.93. The van der Waals surface area contributed by atoms with E-state index in [1.54, 1.807) is 18.4 Å². The molecule has 2 rings (SSSR count). The molecule has 0 atom stereocenters. The third kappa shape index (κ3) is 1.08. The molecular formula is C9H7ClNO. The highest BCUT2D eigenvalue weighted by molar-refractivity contribution is 6.34. The molecular weight excluding hydrogens is 174 g/mol. The van der Waals surface area contributed by atoms with Crippen molar-refractivity contribution < 1.29 is 4.42 Å². The third-order valence-electron chi connectivity index (χ3n) is 1.68. The van der Waals surface area contributed by atoms with Gasteiger partial charge >= 0.3 is 0 Å². The zero-order valence-electron chi connectivity index (χ0n) is 6.54. The maximum absolute atomic E-state index is 5.93. The van der Waals surface area contributed by atoms with E-state index in [1.807, 2.05) is 13.3 Å². The first-order chi connectivity index (χ1) is 5.81. The van der Waals surface area contributed by atoms with E-state index in [0.717, 1.165) is 11.2 Å². The first-order valence-corrected chi connectivity index (χ1v) is 4.02. The molecule has 2 aromatic heterocycles. The number of hydrogen-bond acceptors (Lipinski definition) is 2. The molecule has 0 aliphatic carbocycles. The van der Waals surface area contributed by atoms with Crippen molar-refractivity contribution in [1.29, 1.82) is 0 Å². The van der Waals surface area contributed by atoms with Crippen LogP contribution in [0.15, 0.2) is 22.8 Å². The van der Waals surface area contributed by atoms with Crippen molar-refractivity contribution in [2.75, 3.05) is 0 Å². The highest BCUT2D eigenvalue weighted by Crippen LogP contribution is 2.24. The molecule has 61 valence electrons. The van der Waals surface area contributed by atoms with E-state index in [9.17, 15) is 0 Å². The third-order valence-corrected chi connectivity index (χ3v) is 1.96. The number of furan rings is 1. The summed E-state index contributed by atoms with van der Waals surface area (Å²) in [5.41, 5.74) is 2.33. The summed E-state index contributed by atoms with van der Waals surface area (Å²) in [6, 6.07) is 3.58. The molecule has 2 heterocycles. The molecule has 0 aliphatic heterocycles. The van der Waals surface area contributed by atoms with Crippen molar-refractivity contribution in [1.82, 2.24) is 4.98 Å². The van der Waals surface area contributed by atoms with Gasteiger partial charge in [0.25, 0.3) is 0 Å². The summed E-state index contributed by atoms with van der Waals surface area (Å²) in [6.45, 7) is 1.92. The first-order valence-electron chi connectivity index (χ1n) is 3.64. The van der Waals surface area contributed by atoms with Crippen LogP contribution in [0.2, 0.25) is 5.02 Å². The average Bonchev–Trinajstić information content (AvgIpc) is 2.52. The number of pyridine rings is 1. The van der Waals surface area contributed by atoms with Gasteiger partial charge in [-0.3, -0.25) is 0 Å². The van der Waals surface area contributed by atoms with Crippen LogP contribution in [-0.2, 0) is 0 Å². The van der Waals surface area contributed by atoms with E-state index < -0.39 is 0 Å². The van der Waals surface area contributed by atoms with Gasteiger partial charge in [-0.15, -0.1) is 0 Å². The second-order valence-electron chi connectivity index (χ2n) is 2.45. The van der Waals surface area contributed by atoms with Crippen molar-refractivity contribution in [3.05, 3.63) is 35.5 Å². The molecule has 0 unspecified atom stereocenters. The standard InChI is InChI=1S/C9H7ClNO/c1-2-6-5-7(10)9-8(11-6)3-4-12-9/h2-5H,1H3. The van der Waals surface area contributed by atoms with Gasteiger partial charge in [-0.1, -0.05) is 18.5 Å². The molecule has 1 radical (unpaired) electrons. The fourth-order valence-corrected chi connectivity index (χ4v) is 1.34. The Hall–Kier alpha value is -1.02. The Labute approximate surface area is 75.2 Å². The summed E-state index contributed by atoms with van der Waals surface area (Å²) in [5, 5.41) is 0.609. The minimum Gasteiger partial charge on any atom is -0.461 e. The Bertz CT molecular complexity index is 408. The van der Waals surface area contributed by atoms with E-state index in [2.05, 4.69) is 4.98 Å². The number of rotatable bonds is 1. The number of hydrogen-bond donors (Lipinski definition) is 0. The van der Waals surface area contributed by atoms with E-state index in [4.69, 9.17) is 16.0 Å². The van der Waals surface area contributed by atoms with Gasteiger partial charge in [0.1, 0.15) is 5.52 Å². The van der Waals surface area contributed by atoms with Gasteiger partial charge in [0, 0.05) is 18.2 Å². The largest absolute Gasteiger partial charge is 0.461 e. The number of aromatic nitrogens is 1. The van der Waals surface area contributed by atoms with E-state index in [1.165, 1.54) is 0 Å². The van der Waals surface area contributed by atoms with Gasteiger partial charge in [0.15, 0.2) is 5.58 Å². The number of nitrogens with zero attached hydrogens (tertiary/aromatic N) is 1. The van der Waals surface area contributed by atoms with Crippen LogP contribution >= 0.6 is 11.6 Å². The lowest BCUT2D eigenvalue weighted by molar-refractivity contribution is 0.615. The van der Waals surface area contributed by atoms with Crippen molar-refractivity contribution in [3.63, 3.8) is 0 Å². The Morgan fingerprint density at radius 3 is 3.17 bits per heavy atom. The van der Waals surface area contributed by atoms with Crippen LogP contribution in [0.4, 0.5) is 0 Å². The normalized spacial score (nSPS) is 10.8. The Balaban J connectivity index is 2.75. The van der Waals surface area contributed by atoms with Gasteiger partial charge in [0.2, 0.25) is 0 Å². The molecule has 2 nitrogen and oxygen atoms in total. The molecule has 0 N–H and O–H groups in total. The zero-order chi connectivity index (χ0) is 8.55. The van der Waals surface area contributed by atoms with Gasteiger partial charge < -0.3 is 4.42 Å². The minimum atomic E-state index is 0.609. The van der Waals surface area contributed by atoms with Crippen molar-refractivity contribution in [2.45, 2.75) is 6.92 Å². The molecule has 0 aliphatic rings. The zero-order valence-corrected chi connectivity index (χ0v) is 7.30. The highest BCUT2D eigenvalue weighted by Gasteiger charge is 2.04. The molecule has 3 heteroatoms. The molecule has 0 bridgehead atoms. The second-order valence-corrected chi connectivity index (χ2v) is 2.86. The van der Waals surface area contributed by atoms with Gasteiger partial charge in [0.05, 0.1) is 11.3 Å². The van der Waals surface area contributed by atoms with Crippen molar-refractivity contribution in [3.8, 4) is 0 Å². The number of halogens is 1. The van der Waals surface area contributed by atoms with Crippen LogP contribution in [-0.4, -0.2) is 4.98 Å². The topological polar surface area (TPSA) is 26.0 Å². The Kier molecular flexibility index (Phi) is 1.77. The average molecular weight is 181 g/mol. The van der Waals surface area contributed by atoms with Crippen LogP contribution < -0.4 is 0 Å². The predicted molar refractivity (Wildman–Crippen MR) is 48.1 cm³/mol. The summed E-state index contributed by atoms with van der Waals surface area (Å²) < 4.78 is 5.14. The lowest BCUT2D eigenvalue weighted by Crippen LogP contribution is -1.84. The quantitative estimate of drug-likeness (QED) is 0.674. The minimum absolute atomic E-state index is 0.609. The fraction of sp³-hybridized carbons (Fsp3) is 0.111. The molecule has 0 saturated carbocycles. The Morgan fingerprint density at radius 2 is 2.42 bits per heavy atom. The van der Waals surface area contributed by atoms with Gasteiger partial charge in [-0.2, -0.15) is 0 Å². The van der Waals surface area contributed by atoms with Crippen LogP contribution in [0.1, 0.15) is 12.6 Å². The van der Waals surface area contributed by atoms with Crippen LogP contribution in [0, 0.1) is 6.42 Å². The van der Waals surface area contributed by atoms with E-state index in [-0.39, 0.29) is 0 Å². The summed E-state index contributed by atoms with van der Waals surface area (Å²) in [7, 11) is 0. The molecule has 12 heavy (non-hydrogen) atoms. The monoisotopic (exact) mass is 180 g/mol. The van der Waals surface area contributed by atoms with Gasteiger partial charge in [-0.25, -0.2) is 4.98 Å². The molecule has 0 fully saturated rings. The number of fused-ring (bicyclic) bond motifs is 1. The van der Waals surface area contributed by atoms with Crippen molar-refractivity contribution in [2.24, 2.45) is 0 Å². The second kappa shape index (κ2) is 2.79. The molecule has 2 aromatic rings. The maximum atomic E-state index is 5.93. The van der Waals surface area contributed by atoms with Crippen LogP contribution in [0.5, 0.6) is 0 Å². The maximum Gasteiger partial charge on any atom is 0.170 e. The highest BCUT2D eigenvalue weighted by atomic mass is 35.5. The van der Waals surface area contributed by atoms with Crippen LogP contribution in [0.25, 0.3) is 11.1 Å².